The van der Waals surface area contributed by atoms with Gasteiger partial charge in [0, 0.05) is 18.1 Å². The molecule has 0 fully saturated rings. The van der Waals surface area contributed by atoms with Crippen molar-refractivity contribution in [3.8, 4) is 22.5 Å². The summed E-state index contributed by atoms with van der Waals surface area (Å²) >= 11 is 0. The molecule has 2 heterocycles. The average molecular weight is 648 g/mol. The molecule has 4 heteroatoms. The van der Waals surface area contributed by atoms with Crippen molar-refractivity contribution in [2.45, 2.75) is 0 Å². The minimum atomic E-state index is -0.456. The molecule has 0 aliphatic rings. The van der Waals surface area contributed by atoms with Crippen molar-refractivity contribution in [1.29, 1.82) is 0 Å². The van der Waals surface area contributed by atoms with Crippen molar-refractivity contribution >= 4 is 27.8 Å². The van der Waals surface area contributed by atoms with Crippen molar-refractivity contribution in [2.75, 3.05) is 4.90 Å². The van der Waals surface area contributed by atoms with Crippen LogP contribution in [0.4, 0.5) is 17.1 Å². The summed E-state index contributed by atoms with van der Waals surface area (Å²) in [6.07, 6.45) is 3.44. The van der Waals surface area contributed by atoms with Gasteiger partial charge in [0.25, 0.3) is 0 Å². The molecule has 6 aromatic rings. The van der Waals surface area contributed by atoms with Crippen LogP contribution in [0.3, 0.4) is 0 Å². The average Bonchev–Trinajstić information content (AvgIpc) is 3.01. The summed E-state index contributed by atoms with van der Waals surface area (Å²) in [4.78, 5) is 10.7. The van der Waals surface area contributed by atoms with Crippen LogP contribution in [0.1, 0.15) is 6.85 Å². The van der Waals surface area contributed by atoms with Crippen LogP contribution in [0.25, 0.3) is 33.3 Å². The Hall–Kier alpha value is -4.07. The smallest absolute Gasteiger partial charge is 0.346 e. The number of hydrogen-bond donors (Lipinski definition) is 0. The van der Waals surface area contributed by atoms with E-state index >= 15 is 0 Å². The fraction of sp³-hybridized carbons (Fsp3) is 0. The third-order valence-corrected chi connectivity index (χ3v) is 5.62. The number of aromatic nitrogens is 2. The van der Waals surface area contributed by atoms with Gasteiger partial charge in [-0.25, -0.2) is 0 Å². The zero-order valence-corrected chi connectivity index (χ0v) is 21.2. The van der Waals surface area contributed by atoms with E-state index in [1.807, 2.05) is 72.8 Å². The summed E-state index contributed by atoms with van der Waals surface area (Å²) in [6.45, 7) is 0. The molecule has 0 amide bonds. The Balaban J connectivity index is 0.00000337. The van der Waals surface area contributed by atoms with E-state index in [9.17, 15) is 0 Å². The number of rotatable bonds is 5. The number of fused-ring (bicyclic) bond motifs is 1. The minimum Gasteiger partial charge on any atom is -0.346 e. The van der Waals surface area contributed by atoms with Crippen LogP contribution in [0, 0.1) is 12.1 Å². The molecule has 0 saturated carbocycles. The van der Waals surface area contributed by atoms with E-state index < -0.39 is 18.1 Å². The van der Waals surface area contributed by atoms with E-state index in [4.69, 9.17) is 6.85 Å². The Kier molecular flexibility index (Phi) is 5.41. The van der Waals surface area contributed by atoms with E-state index in [-0.39, 0.29) is 38.8 Å². The standard InChI is InChI=1S/C32H21N3.Pt/c1-2-13-27(14-3-1)35(28-15-8-11-25(22-28)31-18-6-7-20-33-31)29-16-9-12-26(23-29)32-30-17-5-4-10-24(30)19-21-34-32;/h1-21H;/q-2;+2/i1D,2D,3D,13D,14D;. The molecule has 6 rings (SSSR count). The molecular weight excluding hydrogens is 621 g/mol. The van der Waals surface area contributed by atoms with Gasteiger partial charge in [-0.1, -0.05) is 54.5 Å². The SMILES string of the molecule is [2H]c1c([2H])c([2H])c(N(c2[c-]c(-c3ccccn3)ccc2)c2[c-]c(-c3nccc4ccccc34)ccc2)c([2H])c1[2H].[Pt+2]. The van der Waals surface area contributed by atoms with Crippen LogP contribution in [0.5, 0.6) is 0 Å². The Morgan fingerprint density at radius 3 is 2.14 bits per heavy atom. The fourth-order valence-corrected chi connectivity index (χ4v) is 4.04. The molecule has 0 saturated heterocycles. The molecule has 0 atom stereocenters. The number of anilines is 3. The van der Waals surface area contributed by atoms with Gasteiger partial charge < -0.3 is 14.9 Å². The normalized spacial score (nSPS) is 12.5. The van der Waals surface area contributed by atoms with Gasteiger partial charge >= 0.3 is 21.1 Å². The third-order valence-electron chi connectivity index (χ3n) is 5.62. The van der Waals surface area contributed by atoms with Crippen molar-refractivity contribution in [1.82, 2.24) is 9.97 Å². The number of nitrogens with zero attached hydrogens (tertiary/aromatic N) is 3. The molecule has 2 aromatic heterocycles. The molecular formula is C32H21N3Pt. The molecule has 0 bridgehead atoms. The molecule has 0 N–H and O–H groups in total. The van der Waals surface area contributed by atoms with Gasteiger partial charge in [0.15, 0.2) is 0 Å². The van der Waals surface area contributed by atoms with Gasteiger partial charge in [-0.2, -0.15) is 0 Å². The van der Waals surface area contributed by atoms with Gasteiger partial charge in [0.2, 0.25) is 0 Å². The van der Waals surface area contributed by atoms with Crippen LogP contribution in [0.2, 0.25) is 0 Å². The topological polar surface area (TPSA) is 29.0 Å². The summed E-state index contributed by atoms with van der Waals surface area (Å²) in [5.41, 5.74) is 3.77. The Morgan fingerprint density at radius 1 is 0.639 bits per heavy atom. The summed E-state index contributed by atoms with van der Waals surface area (Å²) in [6, 6.07) is 31.2. The second-order valence-corrected chi connectivity index (χ2v) is 7.80. The van der Waals surface area contributed by atoms with Crippen molar-refractivity contribution < 1.29 is 27.9 Å². The molecule has 0 aliphatic carbocycles. The molecule has 0 radical (unpaired) electrons. The van der Waals surface area contributed by atoms with Crippen LogP contribution in [-0.4, -0.2) is 9.97 Å². The van der Waals surface area contributed by atoms with E-state index in [1.54, 1.807) is 29.4 Å². The molecule has 36 heavy (non-hydrogen) atoms. The predicted octanol–water partition coefficient (Wildman–Crippen LogP) is 8.03. The van der Waals surface area contributed by atoms with E-state index in [1.165, 1.54) is 0 Å². The molecule has 4 aromatic carbocycles. The quantitative estimate of drug-likeness (QED) is 0.178. The number of hydrogen-bond acceptors (Lipinski definition) is 3. The van der Waals surface area contributed by atoms with E-state index in [0.717, 1.165) is 16.5 Å². The first-order valence-corrected chi connectivity index (χ1v) is 11.1. The fourth-order valence-electron chi connectivity index (χ4n) is 4.04. The minimum absolute atomic E-state index is 0. The van der Waals surface area contributed by atoms with Gasteiger partial charge in [0.1, 0.15) is 0 Å². The first kappa shape index (κ1) is 18.2. The molecule has 3 nitrogen and oxygen atoms in total. The first-order chi connectivity index (χ1) is 19.4. The van der Waals surface area contributed by atoms with Gasteiger partial charge in [-0.05, 0) is 57.8 Å². The first-order valence-electron chi connectivity index (χ1n) is 13.6. The second kappa shape index (κ2) is 10.7. The summed E-state index contributed by atoms with van der Waals surface area (Å²) < 4.78 is 42.2. The third kappa shape index (κ3) is 4.71. The number of benzene rings is 4. The van der Waals surface area contributed by atoms with Crippen LogP contribution in [0.15, 0.2) is 128 Å². The second-order valence-electron chi connectivity index (χ2n) is 7.80. The van der Waals surface area contributed by atoms with Crippen LogP contribution >= 0.6 is 0 Å². The summed E-state index contributed by atoms with van der Waals surface area (Å²) in [5, 5.41) is 1.99. The molecule has 0 spiro atoms. The van der Waals surface area contributed by atoms with Crippen LogP contribution < -0.4 is 4.90 Å². The predicted molar refractivity (Wildman–Crippen MR) is 143 cm³/mol. The Morgan fingerprint density at radius 2 is 1.36 bits per heavy atom. The maximum Gasteiger partial charge on any atom is 2.00 e. The molecule has 0 aliphatic heterocycles. The van der Waals surface area contributed by atoms with Gasteiger partial charge in [-0.15, -0.1) is 59.7 Å². The van der Waals surface area contributed by atoms with Gasteiger partial charge in [-0.3, -0.25) is 0 Å². The number of pyridine rings is 2. The van der Waals surface area contributed by atoms with E-state index in [2.05, 4.69) is 22.1 Å². The zero-order chi connectivity index (χ0) is 27.8. The monoisotopic (exact) mass is 647 g/mol. The number of para-hydroxylation sites is 1. The van der Waals surface area contributed by atoms with E-state index in [0.29, 0.717) is 28.2 Å². The van der Waals surface area contributed by atoms with Crippen molar-refractivity contribution in [3.63, 3.8) is 0 Å². The molecule has 174 valence electrons. The van der Waals surface area contributed by atoms with Crippen molar-refractivity contribution in [3.05, 3.63) is 140 Å². The maximum atomic E-state index is 8.74. The summed E-state index contributed by atoms with van der Waals surface area (Å²) in [7, 11) is 0. The largest absolute Gasteiger partial charge is 2.00 e. The van der Waals surface area contributed by atoms with Crippen molar-refractivity contribution in [2.24, 2.45) is 0 Å². The molecule has 0 unspecified atom stereocenters. The Bertz CT molecular complexity index is 1850. The maximum absolute atomic E-state index is 8.74. The summed E-state index contributed by atoms with van der Waals surface area (Å²) in [5.74, 6) is 0. The zero-order valence-electron chi connectivity index (χ0n) is 23.9. The van der Waals surface area contributed by atoms with Gasteiger partial charge in [0.05, 0.1) is 6.85 Å². The van der Waals surface area contributed by atoms with Crippen LogP contribution in [-0.2, 0) is 21.1 Å². The Labute approximate surface area is 232 Å².